The first kappa shape index (κ1) is 17.2. The highest BCUT2D eigenvalue weighted by atomic mass is 35.5. The van der Waals surface area contributed by atoms with Crippen LogP contribution in [0.1, 0.15) is 27.0 Å². The summed E-state index contributed by atoms with van der Waals surface area (Å²) in [6.45, 7) is 4.38. The number of hydrogen-bond donors (Lipinski definition) is 2. The quantitative estimate of drug-likeness (QED) is 0.749. The number of nitrogens with one attached hydrogen (secondary N) is 2. The molecule has 1 aromatic heterocycles. The molecule has 4 nitrogen and oxygen atoms in total. The molecule has 0 unspecified atom stereocenters. The van der Waals surface area contributed by atoms with Crippen LogP contribution in [0.4, 0.5) is 0 Å². The molecule has 2 aromatic carbocycles. The summed E-state index contributed by atoms with van der Waals surface area (Å²) >= 11 is 6.02. The molecule has 0 bridgehead atoms. The number of amides is 1. The van der Waals surface area contributed by atoms with E-state index in [9.17, 15) is 9.59 Å². The van der Waals surface area contributed by atoms with Gasteiger partial charge in [-0.05, 0) is 55.0 Å². The molecule has 0 fully saturated rings. The number of carbonyl (C=O) groups excluding carboxylic acids is 1. The number of carbonyl (C=O) groups is 1. The maximum atomic E-state index is 12.3. The van der Waals surface area contributed by atoms with Crippen LogP contribution in [-0.4, -0.2) is 17.4 Å². The number of aromatic nitrogens is 1. The lowest BCUT2D eigenvalue weighted by Gasteiger charge is -2.09. The Morgan fingerprint density at radius 1 is 1.16 bits per heavy atom. The topological polar surface area (TPSA) is 62.0 Å². The third-order valence-electron chi connectivity index (χ3n) is 4.43. The van der Waals surface area contributed by atoms with E-state index < -0.39 is 0 Å². The fourth-order valence-electron chi connectivity index (χ4n) is 2.81. The number of aromatic amines is 1. The van der Waals surface area contributed by atoms with E-state index in [2.05, 4.69) is 10.3 Å². The summed E-state index contributed by atoms with van der Waals surface area (Å²) in [6.07, 6.45) is 0.453. The Balaban J connectivity index is 1.75. The molecule has 2 N–H and O–H groups in total. The lowest BCUT2D eigenvalue weighted by atomic mass is 10.0. The van der Waals surface area contributed by atoms with Crippen molar-refractivity contribution in [1.29, 1.82) is 0 Å². The van der Waals surface area contributed by atoms with Gasteiger partial charge < -0.3 is 10.3 Å². The molecule has 0 saturated heterocycles. The molecule has 0 saturated carbocycles. The fraction of sp³-hybridized carbons (Fsp3) is 0.200. The number of hydrogen-bond acceptors (Lipinski definition) is 2. The van der Waals surface area contributed by atoms with Gasteiger partial charge in [-0.3, -0.25) is 9.59 Å². The van der Waals surface area contributed by atoms with Crippen LogP contribution >= 0.6 is 11.6 Å². The minimum absolute atomic E-state index is 0.117. The van der Waals surface area contributed by atoms with Crippen molar-refractivity contribution in [2.24, 2.45) is 0 Å². The second kappa shape index (κ2) is 7.11. The predicted molar refractivity (Wildman–Crippen MR) is 102 cm³/mol. The number of rotatable bonds is 4. The minimum atomic E-state index is -0.241. The zero-order valence-corrected chi connectivity index (χ0v) is 14.9. The lowest BCUT2D eigenvalue weighted by Crippen LogP contribution is -2.27. The first-order valence-electron chi connectivity index (χ1n) is 8.12. The van der Waals surface area contributed by atoms with Gasteiger partial charge in [0.25, 0.3) is 11.5 Å². The van der Waals surface area contributed by atoms with Gasteiger partial charge in [-0.2, -0.15) is 0 Å². The zero-order valence-electron chi connectivity index (χ0n) is 14.2. The Morgan fingerprint density at radius 3 is 2.68 bits per heavy atom. The predicted octanol–water partition coefficient (Wildman–Crippen LogP) is 3.77. The third-order valence-corrected chi connectivity index (χ3v) is 4.76. The monoisotopic (exact) mass is 354 g/mol. The molecule has 0 aliphatic rings. The second-order valence-electron chi connectivity index (χ2n) is 6.08. The van der Waals surface area contributed by atoms with Crippen LogP contribution in [0, 0.1) is 13.8 Å². The van der Waals surface area contributed by atoms with E-state index in [1.165, 1.54) is 0 Å². The van der Waals surface area contributed by atoms with Gasteiger partial charge in [0.2, 0.25) is 0 Å². The Labute approximate surface area is 150 Å². The van der Waals surface area contributed by atoms with E-state index in [1.807, 2.05) is 32.0 Å². The summed E-state index contributed by atoms with van der Waals surface area (Å²) in [5, 5.41) is 4.21. The molecule has 0 atom stereocenters. The fourth-order valence-corrected chi connectivity index (χ4v) is 3.03. The molecular formula is C20H19ClN2O2. The Kier molecular flexibility index (Phi) is 4.91. The molecule has 128 valence electrons. The van der Waals surface area contributed by atoms with E-state index in [0.717, 1.165) is 22.0 Å². The van der Waals surface area contributed by atoms with Crippen LogP contribution in [0.15, 0.2) is 47.3 Å². The van der Waals surface area contributed by atoms with Gasteiger partial charge in [-0.15, -0.1) is 0 Å². The van der Waals surface area contributed by atoms with Crippen LogP contribution < -0.4 is 10.9 Å². The van der Waals surface area contributed by atoms with Crippen LogP contribution in [0.2, 0.25) is 5.02 Å². The van der Waals surface area contributed by atoms with Gasteiger partial charge in [-0.1, -0.05) is 35.9 Å². The van der Waals surface area contributed by atoms with Crippen LogP contribution in [0.3, 0.4) is 0 Å². The molecule has 0 spiro atoms. The van der Waals surface area contributed by atoms with Gasteiger partial charge >= 0.3 is 0 Å². The first-order chi connectivity index (χ1) is 12.0. The summed E-state index contributed by atoms with van der Waals surface area (Å²) in [5.41, 5.74) is 4.05. The molecular weight excluding hydrogens is 336 g/mol. The van der Waals surface area contributed by atoms with Crippen molar-refractivity contribution < 1.29 is 4.79 Å². The van der Waals surface area contributed by atoms with Gasteiger partial charge in [-0.25, -0.2) is 0 Å². The minimum Gasteiger partial charge on any atom is -0.352 e. The van der Waals surface area contributed by atoms with Crippen molar-refractivity contribution in [2.75, 3.05) is 6.54 Å². The van der Waals surface area contributed by atoms with Gasteiger partial charge in [0, 0.05) is 12.1 Å². The Bertz CT molecular complexity index is 1010. The first-order valence-corrected chi connectivity index (χ1v) is 8.50. The molecule has 1 heterocycles. The smallest absolute Gasteiger partial charge is 0.252 e. The van der Waals surface area contributed by atoms with Gasteiger partial charge in [0.05, 0.1) is 16.1 Å². The lowest BCUT2D eigenvalue weighted by molar-refractivity contribution is 0.0954. The molecule has 5 heteroatoms. The van der Waals surface area contributed by atoms with Crippen molar-refractivity contribution in [3.05, 3.63) is 80.1 Å². The van der Waals surface area contributed by atoms with Crippen molar-refractivity contribution >= 4 is 28.4 Å². The Morgan fingerprint density at radius 2 is 1.92 bits per heavy atom. The average molecular weight is 355 g/mol. The summed E-state index contributed by atoms with van der Waals surface area (Å²) in [7, 11) is 0. The van der Waals surface area contributed by atoms with Gasteiger partial charge in [0.1, 0.15) is 0 Å². The summed E-state index contributed by atoms with van der Waals surface area (Å²) in [6, 6.07) is 12.8. The maximum Gasteiger partial charge on any atom is 0.252 e. The molecule has 3 rings (SSSR count). The van der Waals surface area contributed by atoms with E-state index in [0.29, 0.717) is 29.1 Å². The number of halogens is 1. The highest BCUT2D eigenvalue weighted by Gasteiger charge is 2.10. The molecule has 0 radical (unpaired) electrons. The van der Waals surface area contributed by atoms with E-state index in [1.54, 1.807) is 24.3 Å². The Hall–Kier alpha value is -2.59. The van der Waals surface area contributed by atoms with Crippen molar-refractivity contribution in [1.82, 2.24) is 10.3 Å². The van der Waals surface area contributed by atoms with E-state index in [4.69, 9.17) is 11.6 Å². The van der Waals surface area contributed by atoms with Crippen molar-refractivity contribution in [3.8, 4) is 0 Å². The number of fused-ring (bicyclic) bond motifs is 1. The van der Waals surface area contributed by atoms with Crippen molar-refractivity contribution in [3.63, 3.8) is 0 Å². The highest BCUT2D eigenvalue weighted by molar-refractivity contribution is 6.33. The number of benzene rings is 2. The van der Waals surface area contributed by atoms with Gasteiger partial charge in [0.15, 0.2) is 0 Å². The summed E-state index contributed by atoms with van der Waals surface area (Å²) in [5.74, 6) is -0.241. The molecule has 0 aliphatic heterocycles. The highest BCUT2D eigenvalue weighted by Crippen LogP contribution is 2.19. The largest absolute Gasteiger partial charge is 0.352 e. The van der Waals surface area contributed by atoms with Crippen LogP contribution in [0.5, 0.6) is 0 Å². The third kappa shape index (κ3) is 3.59. The second-order valence-corrected chi connectivity index (χ2v) is 6.49. The molecule has 25 heavy (non-hydrogen) atoms. The molecule has 3 aromatic rings. The van der Waals surface area contributed by atoms with E-state index in [-0.39, 0.29) is 11.5 Å². The molecule has 0 aliphatic carbocycles. The van der Waals surface area contributed by atoms with Crippen LogP contribution in [-0.2, 0) is 6.42 Å². The van der Waals surface area contributed by atoms with E-state index >= 15 is 0 Å². The summed E-state index contributed by atoms with van der Waals surface area (Å²) in [4.78, 5) is 27.4. The number of H-pyrrole nitrogens is 1. The number of pyridine rings is 1. The normalized spacial score (nSPS) is 10.8. The molecule has 1 amide bonds. The van der Waals surface area contributed by atoms with Crippen LogP contribution in [0.25, 0.3) is 10.9 Å². The summed E-state index contributed by atoms with van der Waals surface area (Å²) < 4.78 is 0. The SMILES string of the molecule is Cc1ccc2cc(CCNC(=O)c3ccccc3Cl)c(=O)[nH]c2c1C. The van der Waals surface area contributed by atoms with Crippen molar-refractivity contribution in [2.45, 2.75) is 20.3 Å². The average Bonchev–Trinajstić information content (AvgIpc) is 2.60. The standard InChI is InChI=1S/C20H19ClN2O2/c1-12-7-8-14-11-15(19(24)23-18(14)13(12)2)9-10-22-20(25)16-5-3-4-6-17(16)21/h3-8,11H,9-10H2,1-2H3,(H,22,25)(H,23,24). The zero-order chi connectivity index (χ0) is 18.0. The number of aryl methyl sites for hydroxylation is 2. The maximum absolute atomic E-state index is 12.3.